The van der Waals surface area contributed by atoms with Crippen LogP contribution in [0.5, 0.6) is 0 Å². The average Bonchev–Trinajstić information content (AvgIpc) is 2.98. The van der Waals surface area contributed by atoms with Gasteiger partial charge in [0.05, 0.1) is 12.2 Å². The zero-order valence-corrected chi connectivity index (χ0v) is 15.5. The number of fused-ring (bicyclic) bond motifs is 2. The second-order valence-electron chi connectivity index (χ2n) is 7.10. The molecule has 0 fully saturated rings. The van der Waals surface area contributed by atoms with Crippen molar-refractivity contribution in [1.29, 1.82) is 0 Å². The molecule has 0 radical (unpaired) electrons. The number of hydrogen-bond donors (Lipinski definition) is 1. The van der Waals surface area contributed by atoms with Crippen molar-refractivity contribution < 1.29 is 9.59 Å². The predicted octanol–water partition coefficient (Wildman–Crippen LogP) is 1.40. The molecule has 0 aliphatic carbocycles. The molecule has 2 amide bonds. The zero-order chi connectivity index (χ0) is 19.1. The second-order valence-corrected chi connectivity index (χ2v) is 7.10. The van der Waals surface area contributed by atoms with Crippen LogP contribution in [0.1, 0.15) is 46.3 Å². The minimum absolute atomic E-state index is 0.0796. The first-order chi connectivity index (χ1) is 13.0. The maximum absolute atomic E-state index is 13.2. The van der Waals surface area contributed by atoms with E-state index in [-0.39, 0.29) is 17.4 Å². The number of nitrogens with zero attached hydrogens (tertiary/aromatic N) is 3. The van der Waals surface area contributed by atoms with Crippen molar-refractivity contribution in [3.05, 3.63) is 62.8 Å². The van der Waals surface area contributed by atoms with E-state index in [0.29, 0.717) is 55.1 Å². The van der Waals surface area contributed by atoms with Crippen LogP contribution >= 0.6 is 0 Å². The highest BCUT2D eigenvalue weighted by molar-refractivity contribution is 6.01. The monoisotopic (exact) mass is 366 g/mol. The van der Waals surface area contributed by atoms with Crippen LogP contribution in [0.25, 0.3) is 0 Å². The molecule has 1 N–H and O–H groups in total. The normalized spacial score (nSPS) is 16.9. The maximum atomic E-state index is 13.2. The van der Waals surface area contributed by atoms with Gasteiger partial charge in [-0.05, 0) is 31.4 Å². The fraction of sp³-hybridized carbons (Fsp3) is 0.400. The molecule has 27 heavy (non-hydrogen) atoms. The molecule has 2 aliphatic heterocycles. The first-order valence-electron chi connectivity index (χ1n) is 9.26. The summed E-state index contributed by atoms with van der Waals surface area (Å²) in [6, 6.07) is 6.99. The molecular weight excluding hydrogens is 344 g/mol. The first kappa shape index (κ1) is 17.5. The first-order valence-corrected chi connectivity index (χ1v) is 9.26. The Bertz CT molecular complexity index is 981. The lowest BCUT2D eigenvalue weighted by Gasteiger charge is -2.34. The van der Waals surface area contributed by atoms with Crippen molar-refractivity contribution >= 4 is 11.8 Å². The third kappa shape index (κ3) is 2.93. The van der Waals surface area contributed by atoms with Crippen molar-refractivity contribution in [2.24, 2.45) is 0 Å². The van der Waals surface area contributed by atoms with Crippen LogP contribution in [-0.4, -0.2) is 44.2 Å². The number of H-pyrrole nitrogens is 1. The number of hydrogen-bond acceptors (Lipinski definition) is 4. The minimum atomic E-state index is -0.505. The van der Waals surface area contributed by atoms with E-state index < -0.39 is 6.04 Å². The molecule has 0 bridgehead atoms. The van der Waals surface area contributed by atoms with E-state index in [1.165, 1.54) is 0 Å². The van der Waals surface area contributed by atoms with E-state index in [2.05, 4.69) is 9.97 Å². The van der Waals surface area contributed by atoms with E-state index in [9.17, 15) is 14.4 Å². The van der Waals surface area contributed by atoms with E-state index in [1.54, 1.807) is 16.7 Å². The SMILES string of the molecule is CCC(C(=O)N1CCc2c(nc(C)[nH]c2=O)C1)N1Cc2ccccc2C1=O. The summed E-state index contributed by atoms with van der Waals surface area (Å²) < 4.78 is 0. The van der Waals surface area contributed by atoms with Gasteiger partial charge >= 0.3 is 0 Å². The van der Waals surface area contributed by atoms with Crippen LogP contribution in [0.3, 0.4) is 0 Å². The lowest BCUT2D eigenvalue weighted by Crippen LogP contribution is -2.50. The number of rotatable bonds is 3. The summed E-state index contributed by atoms with van der Waals surface area (Å²) in [6.07, 6.45) is 1.03. The van der Waals surface area contributed by atoms with Crippen molar-refractivity contribution in [3.63, 3.8) is 0 Å². The van der Waals surface area contributed by atoms with Crippen LogP contribution in [-0.2, 0) is 24.3 Å². The molecule has 2 aliphatic rings. The Kier molecular flexibility index (Phi) is 4.30. The predicted molar refractivity (Wildman–Crippen MR) is 99.1 cm³/mol. The number of aromatic nitrogens is 2. The second kappa shape index (κ2) is 6.64. The van der Waals surface area contributed by atoms with E-state index in [0.717, 1.165) is 5.56 Å². The van der Waals surface area contributed by atoms with Gasteiger partial charge in [0.25, 0.3) is 11.5 Å². The van der Waals surface area contributed by atoms with Gasteiger partial charge in [0.1, 0.15) is 11.9 Å². The van der Waals surface area contributed by atoms with Gasteiger partial charge in [-0.15, -0.1) is 0 Å². The number of carbonyl (C=O) groups excluding carboxylic acids is 2. The van der Waals surface area contributed by atoms with Gasteiger partial charge in [-0.2, -0.15) is 0 Å². The van der Waals surface area contributed by atoms with Crippen molar-refractivity contribution in [2.75, 3.05) is 6.54 Å². The molecular formula is C20H22N4O3. The number of aryl methyl sites for hydroxylation is 1. The average molecular weight is 366 g/mol. The van der Waals surface area contributed by atoms with E-state index in [4.69, 9.17) is 0 Å². The molecule has 1 unspecified atom stereocenters. The Morgan fingerprint density at radius 2 is 2.04 bits per heavy atom. The van der Waals surface area contributed by atoms with Crippen molar-refractivity contribution in [2.45, 2.75) is 45.8 Å². The highest BCUT2D eigenvalue weighted by Crippen LogP contribution is 2.27. The van der Waals surface area contributed by atoms with Crippen LogP contribution < -0.4 is 5.56 Å². The summed E-state index contributed by atoms with van der Waals surface area (Å²) in [5.74, 6) is 0.378. The van der Waals surface area contributed by atoms with E-state index >= 15 is 0 Å². The fourth-order valence-corrected chi connectivity index (χ4v) is 4.02. The third-order valence-electron chi connectivity index (χ3n) is 5.40. The molecule has 4 rings (SSSR count). The highest BCUT2D eigenvalue weighted by Gasteiger charge is 2.38. The largest absolute Gasteiger partial charge is 0.335 e. The Morgan fingerprint density at radius 1 is 1.26 bits per heavy atom. The van der Waals surface area contributed by atoms with Gasteiger partial charge in [-0.3, -0.25) is 14.4 Å². The number of benzene rings is 1. The zero-order valence-electron chi connectivity index (χ0n) is 15.5. The van der Waals surface area contributed by atoms with Crippen molar-refractivity contribution in [1.82, 2.24) is 19.8 Å². The summed E-state index contributed by atoms with van der Waals surface area (Å²) in [6.45, 7) is 4.89. The quantitative estimate of drug-likeness (QED) is 0.890. The molecule has 7 heteroatoms. The molecule has 140 valence electrons. The fourth-order valence-electron chi connectivity index (χ4n) is 4.02. The summed E-state index contributed by atoms with van der Waals surface area (Å²) in [4.78, 5) is 48.6. The number of aromatic amines is 1. The molecule has 1 atom stereocenters. The summed E-state index contributed by atoms with van der Waals surface area (Å²) in [5, 5.41) is 0. The molecule has 0 spiro atoms. The van der Waals surface area contributed by atoms with Gasteiger partial charge in [-0.25, -0.2) is 4.98 Å². The minimum Gasteiger partial charge on any atom is -0.335 e. The van der Waals surface area contributed by atoms with Gasteiger partial charge < -0.3 is 14.8 Å². The number of carbonyl (C=O) groups is 2. The number of nitrogens with one attached hydrogen (secondary N) is 1. The molecule has 7 nitrogen and oxygen atoms in total. The Hall–Kier alpha value is -2.96. The molecule has 1 aromatic carbocycles. The maximum Gasteiger partial charge on any atom is 0.255 e. The van der Waals surface area contributed by atoms with Crippen LogP contribution in [0.4, 0.5) is 0 Å². The molecule has 0 saturated carbocycles. The highest BCUT2D eigenvalue weighted by atomic mass is 16.2. The van der Waals surface area contributed by atoms with Gasteiger partial charge in [-0.1, -0.05) is 25.1 Å². The summed E-state index contributed by atoms with van der Waals surface area (Å²) in [5.41, 5.74) is 2.82. The Labute approximate surface area is 157 Å². The van der Waals surface area contributed by atoms with E-state index in [1.807, 2.05) is 31.2 Å². The summed E-state index contributed by atoms with van der Waals surface area (Å²) in [7, 11) is 0. The molecule has 3 heterocycles. The standard InChI is InChI=1S/C20H22N4O3/c1-3-17(24-10-13-6-4-5-7-14(13)19(24)26)20(27)23-9-8-15-16(11-23)21-12(2)22-18(15)25/h4-7,17H,3,8-11H2,1-2H3,(H,21,22,25). The van der Waals surface area contributed by atoms with Gasteiger partial charge in [0.15, 0.2) is 0 Å². The smallest absolute Gasteiger partial charge is 0.255 e. The lowest BCUT2D eigenvalue weighted by atomic mass is 10.0. The lowest BCUT2D eigenvalue weighted by molar-refractivity contribution is -0.137. The Morgan fingerprint density at radius 3 is 2.78 bits per heavy atom. The van der Waals surface area contributed by atoms with Crippen LogP contribution in [0, 0.1) is 6.92 Å². The molecule has 0 saturated heterocycles. The molecule has 1 aromatic heterocycles. The molecule has 2 aromatic rings. The van der Waals surface area contributed by atoms with Crippen LogP contribution in [0.2, 0.25) is 0 Å². The summed E-state index contributed by atoms with van der Waals surface area (Å²) >= 11 is 0. The van der Waals surface area contributed by atoms with Gasteiger partial charge in [0, 0.05) is 24.2 Å². The van der Waals surface area contributed by atoms with Crippen LogP contribution in [0.15, 0.2) is 29.1 Å². The van der Waals surface area contributed by atoms with Gasteiger partial charge in [0.2, 0.25) is 5.91 Å². The van der Waals surface area contributed by atoms with Crippen molar-refractivity contribution in [3.8, 4) is 0 Å². The topological polar surface area (TPSA) is 86.4 Å². The Balaban J connectivity index is 1.57. The third-order valence-corrected chi connectivity index (χ3v) is 5.40. The number of amides is 2.